The number of nitrogens with zero attached hydrogens (tertiary/aromatic N) is 5. The van der Waals surface area contributed by atoms with Crippen LogP contribution in [0.4, 0.5) is 0 Å². The second kappa shape index (κ2) is 12.3. The summed E-state index contributed by atoms with van der Waals surface area (Å²) in [6, 6.07) is 5.75. The lowest BCUT2D eigenvalue weighted by Crippen LogP contribution is -2.11. The summed E-state index contributed by atoms with van der Waals surface area (Å²) in [5.74, 6) is 0.567. The van der Waals surface area contributed by atoms with Crippen molar-refractivity contribution in [1.82, 2.24) is 24.1 Å². The van der Waals surface area contributed by atoms with Gasteiger partial charge in [0.25, 0.3) is 0 Å². The molecule has 0 saturated heterocycles. The maximum atomic E-state index is 13.0. The Morgan fingerprint density at radius 1 is 1.17 bits per heavy atom. The number of aryl methyl sites for hydroxylation is 4. The zero-order valence-corrected chi connectivity index (χ0v) is 25.3. The van der Waals surface area contributed by atoms with Crippen LogP contribution in [-0.4, -0.2) is 54.9 Å². The van der Waals surface area contributed by atoms with Crippen molar-refractivity contribution in [2.45, 2.75) is 57.3 Å². The van der Waals surface area contributed by atoms with Crippen molar-refractivity contribution >= 4 is 46.2 Å². The van der Waals surface area contributed by atoms with Crippen LogP contribution in [-0.2, 0) is 65.9 Å². The molecule has 5 rings (SSSR count). The highest BCUT2D eigenvalue weighted by atomic mass is 35.5. The van der Waals surface area contributed by atoms with E-state index >= 15 is 0 Å². The minimum absolute atomic E-state index is 0.0510. The van der Waals surface area contributed by atoms with Crippen molar-refractivity contribution in [1.29, 1.82) is 0 Å². The Kier molecular flexibility index (Phi) is 8.77. The molecule has 0 radical (unpaired) electrons. The van der Waals surface area contributed by atoms with Gasteiger partial charge >= 0.3 is 11.9 Å². The first-order valence-corrected chi connectivity index (χ1v) is 15.1. The summed E-state index contributed by atoms with van der Waals surface area (Å²) in [6.45, 7) is 2.45. The fourth-order valence-corrected chi connectivity index (χ4v) is 6.83. The monoisotopic (exact) mass is 599 g/mol. The zero-order valence-electron chi connectivity index (χ0n) is 23.7. The molecule has 4 heterocycles. The van der Waals surface area contributed by atoms with E-state index < -0.39 is 5.97 Å². The summed E-state index contributed by atoms with van der Waals surface area (Å²) in [6.07, 6.45) is 3.00. The van der Waals surface area contributed by atoms with Gasteiger partial charge in [-0.1, -0.05) is 17.7 Å². The van der Waals surface area contributed by atoms with Crippen molar-refractivity contribution < 1.29 is 24.2 Å². The molecule has 1 aliphatic heterocycles. The molecule has 0 spiro atoms. The highest BCUT2D eigenvalue weighted by molar-refractivity contribution is 7.97. The van der Waals surface area contributed by atoms with Gasteiger partial charge in [0.15, 0.2) is 0 Å². The van der Waals surface area contributed by atoms with E-state index in [1.807, 2.05) is 36.9 Å². The second-order valence-electron chi connectivity index (χ2n) is 10.1. The number of esters is 2. The Hall–Kier alpha value is -3.28. The lowest BCUT2D eigenvalue weighted by atomic mass is 9.97. The van der Waals surface area contributed by atoms with Gasteiger partial charge in [0.2, 0.25) is 0 Å². The van der Waals surface area contributed by atoms with E-state index in [9.17, 15) is 14.7 Å². The van der Waals surface area contributed by atoms with Crippen LogP contribution in [0.1, 0.15) is 58.6 Å². The maximum absolute atomic E-state index is 13.0. The van der Waals surface area contributed by atoms with Crippen LogP contribution in [0.3, 0.4) is 0 Å². The quantitative estimate of drug-likeness (QED) is 0.197. The number of benzene rings is 1. The van der Waals surface area contributed by atoms with E-state index in [2.05, 4.69) is 9.78 Å². The fourth-order valence-electron chi connectivity index (χ4n) is 5.73. The van der Waals surface area contributed by atoms with Crippen molar-refractivity contribution in [3.05, 3.63) is 57.3 Å². The average Bonchev–Trinajstić information content (AvgIpc) is 3.69. The van der Waals surface area contributed by atoms with Crippen LogP contribution in [0.5, 0.6) is 0 Å². The molecule has 218 valence electrons. The summed E-state index contributed by atoms with van der Waals surface area (Å²) in [4.78, 5) is 24.3. The number of aliphatic hydroxyl groups excluding tert-OH is 1. The van der Waals surface area contributed by atoms with Crippen molar-refractivity contribution in [3.8, 4) is 11.1 Å². The number of rotatable bonds is 11. The average molecular weight is 600 g/mol. The number of carbonyl (C=O) groups is 2. The van der Waals surface area contributed by atoms with Gasteiger partial charge in [-0.25, -0.2) is 4.79 Å². The minimum atomic E-state index is -0.429. The molecule has 0 unspecified atom stereocenters. The minimum Gasteiger partial charge on any atom is -0.466 e. The highest BCUT2D eigenvalue weighted by Gasteiger charge is 2.30. The summed E-state index contributed by atoms with van der Waals surface area (Å²) in [7, 11) is 5.07. The summed E-state index contributed by atoms with van der Waals surface area (Å²) in [5.41, 5.74) is 7.80. The summed E-state index contributed by atoms with van der Waals surface area (Å²) in [5, 5.41) is 20.5. The van der Waals surface area contributed by atoms with E-state index in [1.165, 1.54) is 14.0 Å². The summed E-state index contributed by atoms with van der Waals surface area (Å²) >= 11 is 8.68. The lowest BCUT2D eigenvalue weighted by molar-refractivity contribution is -0.141. The largest absolute Gasteiger partial charge is 0.466 e. The van der Waals surface area contributed by atoms with Crippen molar-refractivity contribution in [2.75, 3.05) is 13.7 Å². The first-order chi connectivity index (χ1) is 19.7. The molecule has 41 heavy (non-hydrogen) atoms. The predicted molar refractivity (Wildman–Crippen MR) is 158 cm³/mol. The molecular weight excluding hydrogens is 566 g/mol. The molecule has 1 N–H and O–H groups in total. The number of hydrogen-bond donors (Lipinski definition) is 1. The van der Waals surface area contributed by atoms with Crippen LogP contribution in [0, 0.1) is 0 Å². The third kappa shape index (κ3) is 5.62. The number of aliphatic hydroxyl groups is 1. The number of thioether (sulfide) groups is 1. The van der Waals surface area contributed by atoms with Gasteiger partial charge in [0, 0.05) is 61.3 Å². The maximum Gasteiger partial charge on any atom is 0.354 e. The Labute approximate surface area is 247 Å². The van der Waals surface area contributed by atoms with Gasteiger partial charge in [-0.3, -0.25) is 14.2 Å². The molecule has 0 saturated carbocycles. The lowest BCUT2D eigenvalue weighted by Gasteiger charge is -2.12. The number of aromatic nitrogens is 5. The first-order valence-electron chi connectivity index (χ1n) is 13.6. The summed E-state index contributed by atoms with van der Waals surface area (Å²) < 4.78 is 16.0. The zero-order chi connectivity index (χ0) is 29.3. The van der Waals surface area contributed by atoms with Crippen LogP contribution in [0.2, 0.25) is 5.02 Å². The number of ether oxygens (including phenoxy) is 2. The Morgan fingerprint density at radius 3 is 2.68 bits per heavy atom. The SMILES string of the molecule is COC(=O)c1c(CCCOC(C)=O)c2ccc(Cl)c(-c3c(CSCc4cc(CO)n(C)n4)nn4c3CCC4)c2n1C. The van der Waals surface area contributed by atoms with E-state index in [0.717, 1.165) is 69.8 Å². The van der Waals surface area contributed by atoms with Gasteiger partial charge in [0.1, 0.15) is 5.69 Å². The molecule has 1 aliphatic rings. The molecule has 0 aliphatic carbocycles. The second-order valence-corrected chi connectivity index (χ2v) is 11.5. The van der Waals surface area contributed by atoms with Gasteiger partial charge in [-0.05, 0) is 43.4 Å². The number of halogens is 1. The molecule has 0 amide bonds. The topological polar surface area (TPSA) is 113 Å². The first kappa shape index (κ1) is 29.2. The Bertz CT molecular complexity index is 1620. The number of hydrogen-bond acceptors (Lipinski definition) is 8. The van der Waals surface area contributed by atoms with Gasteiger partial charge in [0.05, 0.1) is 47.9 Å². The van der Waals surface area contributed by atoms with Crippen LogP contribution >= 0.6 is 23.4 Å². The number of fused-ring (bicyclic) bond motifs is 2. The molecule has 0 bridgehead atoms. The van der Waals surface area contributed by atoms with Gasteiger partial charge < -0.3 is 19.1 Å². The van der Waals surface area contributed by atoms with Gasteiger partial charge in [-0.2, -0.15) is 10.2 Å². The van der Waals surface area contributed by atoms with E-state index in [0.29, 0.717) is 35.1 Å². The molecular formula is C29H34ClN5O5S. The third-order valence-corrected chi connectivity index (χ3v) is 8.80. The Morgan fingerprint density at radius 2 is 1.98 bits per heavy atom. The Balaban J connectivity index is 1.57. The molecule has 10 nitrogen and oxygen atoms in total. The third-order valence-electron chi connectivity index (χ3n) is 7.51. The molecule has 3 aromatic heterocycles. The van der Waals surface area contributed by atoms with Crippen LogP contribution in [0.25, 0.3) is 22.0 Å². The molecule has 0 atom stereocenters. The molecule has 1 aromatic carbocycles. The normalized spacial score (nSPS) is 12.7. The predicted octanol–water partition coefficient (Wildman–Crippen LogP) is 4.58. The van der Waals surface area contributed by atoms with Crippen molar-refractivity contribution in [3.63, 3.8) is 0 Å². The highest BCUT2D eigenvalue weighted by Crippen LogP contribution is 2.44. The smallest absolute Gasteiger partial charge is 0.354 e. The number of carbonyl (C=O) groups excluding carboxylic acids is 2. The van der Waals surface area contributed by atoms with Crippen LogP contribution < -0.4 is 0 Å². The van der Waals surface area contributed by atoms with Gasteiger partial charge in [-0.15, -0.1) is 11.8 Å². The van der Waals surface area contributed by atoms with E-state index in [1.54, 1.807) is 16.4 Å². The molecule has 12 heteroatoms. The molecule has 4 aromatic rings. The number of methoxy groups -OCH3 is 1. The van der Waals surface area contributed by atoms with E-state index in [4.69, 9.17) is 26.2 Å². The van der Waals surface area contributed by atoms with Crippen LogP contribution in [0.15, 0.2) is 18.2 Å². The molecule has 0 fully saturated rings. The standard InChI is InChI=1S/C29H34ClN5O5S/c1-17(37)40-12-6-7-20-21-9-10-22(30)25(27(21)33(2)28(20)29(38)39-4)26-23(32-35-11-5-8-24(26)35)16-41-15-18-13-19(14-36)34(3)31-18/h9-10,13,36H,5-8,11-12,14-16H2,1-4H3. The fraction of sp³-hybridized carbons (Fsp3) is 0.448. The van der Waals surface area contributed by atoms with Crippen molar-refractivity contribution in [2.24, 2.45) is 14.1 Å². The van der Waals surface area contributed by atoms with E-state index in [-0.39, 0.29) is 19.2 Å².